The number of fused-ring (bicyclic) bond motifs is 1. The smallest absolute Gasteiger partial charge is 0.341 e. The van der Waals surface area contributed by atoms with Gasteiger partial charge in [-0.15, -0.1) is 0 Å². The number of aromatic carboxylic acids is 1. The van der Waals surface area contributed by atoms with Crippen LogP contribution >= 0.6 is 0 Å². The molecule has 104 valence electrons. The number of nitrogens with two attached hydrogens (primary N) is 1. The van der Waals surface area contributed by atoms with Crippen LogP contribution in [0, 0.1) is 0 Å². The normalized spacial score (nSPS) is 10.5. The highest BCUT2D eigenvalue weighted by molar-refractivity contribution is 5.92. The van der Waals surface area contributed by atoms with Crippen LogP contribution in [0.15, 0.2) is 48.8 Å². The quantitative estimate of drug-likeness (QED) is 0.765. The zero-order chi connectivity index (χ0) is 14.8. The molecule has 3 N–H and O–H groups in total. The van der Waals surface area contributed by atoms with E-state index in [-0.39, 0.29) is 17.1 Å². The van der Waals surface area contributed by atoms with Crippen molar-refractivity contribution in [3.8, 4) is 11.6 Å². The maximum Gasteiger partial charge on any atom is 0.341 e. The molecule has 0 atom stereocenters. The van der Waals surface area contributed by atoms with E-state index in [2.05, 4.69) is 9.97 Å². The third kappa shape index (κ3) is 2.46. The molecule has 0 aliphatic carbocycles. The Morgan fingerprint density at radius 1 is 1.19 bits per heavy atom. The van der Waals surface area contributed by atoms with Gasteiger partial charge < -0.3 is 15.6 Å². The second-order valence-electron chi connectivity index (χ2n) is 4.35. The van der Waals surface area contributed by atoms with Crippen molar-refractivity contribution in [2.45, 2.75) is 0 Å². The van der Waals surface area contributed by atoms with Crippen LogP contribution in [-0.4, -0.2) is 21.0 Å². The fraction of sp³-hybridized carbons (Fsp3) is 0. The fourth-order valence-corrected chi connectivity index (χ4v) is 1.97. The summed E-state index contributed by atoms with van der Waals surface area (Å²) in [5, 5.41) is 9.97. The first-order chi connectivity index (χ1) is 10.1. The van der Waals surface area contributed by atoms with Gasteiger partial charge in [-0.05, 0) is 30.3 Å². The Morgan fingerprint density at radius 3 is 2.86 bits per heavy atom. The van der Waals surface area contributed by atoms with Gasteiger partial charge in [0.2, 0.25) is 5.88 Å². The Balaban J connectivity index is 2.09. The number of nitrogen functional groups attached to an aromatic ring is 1. The van der Waals surface area contributed by atoms with Crippen molar-refractivity contribution in [2.75, 3.05) is 5.73 Å². The summed E-state index contributed by atoms with van der Waals surface area (Å²) >= 11 is 0. The first-order valence-electron chi connectivity index (χ1n) is 6.15. The van der Waals surface area contributed by atoms with Gasteiger partial charge in [0.15, 0.2) is 0 Å². The van der Waals surface area contributed by atoms with Gasteiger partial charge in [0.25, 0.3) is 0 Å². The van der Waals surface area contributed by atoms with Crippen LogP contribution in [-0.2, 0) is 0 Å². The first kappa shape index (κ1) is 12.9. The summed E-state index contributed by atoms with van der Waals surface area (Å²) in [6, 6.07) is 10.3. The summed E-state index contributed by atoms with van der Waals surface area (Å²) in [5.74, 6) is -0.670. The Morgan fingerprint density at radius 2 is 2.05 bits per heavy atom. The number of hydrogen-bond acceptors (Lipinski definition) is 5. The lowest BCUT2D eigenvalue weighted by Gasteiger charge is -2.10. The van der Waals surface area contributed by atoms with Crippen molar-refractivity contribution < 1.29 is 14.6 Å². The Kier molecular flexibility index (Phi) is 3.12. The topological polar surface area (TPSA) is 98.3 Å². The van der Waals surface area contributed by atoms with Crippen LogP contribution in [0.25, 0.3) is 10.9 Å². The number of rotatable bonds is 3. The zero-order valence-corrected chi connectivity index (χ0v) is 10.9. The molecule has 6 heteroatoms. The minimum atomic E-state index is -1.15. The number of ether oxygens (including phenoxy) is 1. The third-order valence-electron chi connectivity index (χ3n) is 2.92. The average molecular weight is 281 g/mol. The maximum atomic E-state index is 11.2. The number of carboxylic acids is 1. The van der Waals surface area contributed by atoms with E-state index >= 15 is 0 Å². The largest absolute Gasteiger partial charge is 0.477 e. The summed E-state index contributed by atoms with van der Waals surface area (Å²) in [6.45, 7) is 0. The molecular formula is C15H11N3O3. The minimum absolute atomic E-state index is 0.00643. The highest BCUT2D eigenvalue weighted by Crippen LogP contribution is 2.30. The number of carbonyl (C=O) groups is 1. The van der Waals surface area contributed by atoms with Crippen LogP contribution in [0.3, 0.4) is 0 Å². The number of pyridine rings is 2. The van der Waals surface area contributed by atoms with Crippen LogP contribution < -0.4 is 10.5 Å². The van der Waals surface area contributed by atoms with E-state index in [0.29, 0.717) is 5.75 Å². The van der Waals surface area contributed by atoms with Gasteiger partial charge in [-0.2, -0.15) is 0 Å². The molecule has 3 rings (SSSR count). The van der Waals surface area contributed by atoms with E-state index in [0.717, 1.165) is 10.9 Å². The van der Waals surface area contributed by atoms with Gasteiger partial charge >= 0.3 is 5.97 Å². The van der Waals surface area contributed by atoms with Gasteiger partial charge in [0, 0.05) is 11.6 Å². The van der Waals surface area contributed by atoms with Crippen molar-refractivity contribution in [3.05, 3.63) is 54.4 Å². The van der Waals surface area contributed by atoms with Crippen LogP contribution in [0.2, 0.25) is 0 Å². The number of benzene rings is 1. The molecule has 1 aromatic carbocycles. The van der Waals surface area contributed by atoms with Crippen molar-refractivity contribution in [2.24, 2.45) is 0 Å². The lowest BCUT2D eigenvalue weighted by atomic mass is 10.2. The monoisotopic (exact) mass is 281 g/mol. The number of aromatic nitrogens is 2. The number of hydrogen-bond donors (Lipinski definition) is 2. The predicted octanol–water partition coefficient (Wildman–Crippen LogP) is 2.70. The molecule has 0 amide bonds. The molecule has 2 heterocycles. The second kappa shape index (κ2) is 5.09. The molecule has 0 unspecified atom stereocenters. The minimum Gasteiger partial charge on any atom is -0.477 e. The predicted molar refractivity (Wildman–Crippen MR) is 77.4 cm³/mol. The molecular weight excluding hydrogens is 270 g/mol. The van der Waals surface area contributed by atoms with Crippen LogP contribution in [0.4, 0.5) is 5.69 Å². The second-order valence-corrected chi connectivity index (χ2v) is 4.35. The van der Waals surface area contributed by atoms with Gasteiger partial charge in [-0.25, -0.2) is 9.78 Å². The summed E-state index contributed by atoms with van der Waals surface area (Å²) in [5.41, 5.74) is 6.49. The maximum absolute atomic E-state index is 11.2. The summed E-state index contributed by atoms with van der Waals surface area (Å²) < 4.78 is 5.65. The highest BCUT2D eigenvalue weighted by atomic mass is 16.5. The molecule has 3 aromatic rings. The van der Waals surface area contributed by atoms with E-state index in [4.69, 9.17) is 10.5 Å². The molecule has 0 spiro atoms. The van der Waals surface area contributed by atoms with Gasteiger partial charge in [0.1, 0.15) is 11.3 Å². The Bertz CT molecular complexity index is 828. The molecule has 21 heavy (non-hydrogen) atoms. The number of nitrogens with zero attached hydrogens (tertiary/aromatic N) is 2. The molecule has 0 bridgehead atoms. The van der Waals surface area contributed by atoms with Crippen molar-refractivity contribution in [3.63, 3.8) is 0 Å². The van der Waals surface area contributed by atoms with Crippen molar-refractivity contribution in [1.29, 1.82) is 0 Å². The molecule has 0 saturated carbocycles. The van der Waals surface area contributed by atoms with Crippen LogP contribution in [0.1, 0.15) is 10.4 Å². The van der Waals surface area contributed by atoms with Gasteiger partial charge in [-0.1, -0.05) is 6.07 Å². The standard InChI is InChI=1S/C15H11N3O3/c16-9-7-11(15(19)20)14(18-8-9)21-13-5-1-4-12-10(13)3-2-6-17-12/h1-8H,16H2,(H,19,20). The summed E-state index contributed by atoms with van der Waals surface area (Å²) in [4.78, 5) is 19.4. The van der Waals surface area contributed by atoms with Crippen molar-refractivity contribution in [1.82, 2.24) is 9.97 Å². The molecule has 6 nitrogen and oxygen atoms in total. The van der Waals surface area contributed by atoms with E-state index in [1.807, 2.05) is 12.1 Å². The molecule has 0 saturated heterocycles. The number of anilines is 1. The number of carboxylic acid groups (broad SMARTS) is 1. The molecule has 0 aliphatic rings. The van der Waals surface area contributed by atoms with Crippen molar-refractivity contribution >= 4 is 22.6 Å². The fourth-order valence-electron chi connectivity index (χ4n) is 1.97. The van der Waals surface area contributed by atoms with E-state index in [1.165, 1.54) is 12.3 Å². The molecule has 0 radical (unpaired) electrons. The molecule has 0 aliphatic heterocycles. The Hall–Kier alpha value is -3.15. The zero-order valence-electron chi connectivity index (χ0n) is 10.9. The molecule has 0 fully saturated rings. The summed E-state index contributed by atoms with van der Waals surface area (Å²) in [7, 11) is 0. The van der Waals surface area contributed by atoms with Gasteiger partial charge in [-0.3, -0.25) is 4.98 Å². The lowest BCUT2D eigenvalue weighted by molar-refractivity contribution is 0.0693. The van der Waals surface area contributed by atoms with Crippen LogP contribution in [0.5, 0.6) is 11.6 Å². The SMILES string of the molecule is Nc1cnc(Oc2cccc3ncccc23)c(C(=O)O)c1. The average Bonchev–Trinajstić information content (AvgIpc) is 2.49. The van der Waals surface area contributed by atoms with E-state index < -0.39 is 5.97 Å². The van der Waals surface area contributed by atoms with E-state index in [9.17, 15) is 9.90 Å². The highest BCUT2D eigenvalue weighted by Gasteiger charge is 2.15. The van der Waals surface area contributed by atoms with Gasteiger partial charge in [0.05, 0.1) is 17.4 Å². The Labute approximate surface area is 119 Å². The third-order valence-corrected chi connectivity index (χ3v) is 2.92. The summed E-state index contributed by atoms with van der Waals surface area (Å²) in [6.07, 6.45) is 3.03. The molecule has 2 aromatic heterocycles. The lowest BCUT2D eigenvalue weighted by Crippen LogP contribution is -2.03. The first-order valence-corrected chi connectivity index (χ1v) is 6.15. The van der Waals surface area contributed by atoms with E-state index in [1.54, 1.807) is 24.4 Å².